The first-order valence-corrected chi connectivity index (χ1v) is 10.5. The molecular weight excluding hydrogens is 394 g/mol. The average Bonchev–Trinajstić information content (AvgIpc) is 3.11. The van der Waals surface area contributed by atoms with Gasteiger partial charge in [-0.15, -0.1) is 4.40 Å². The number of carbonyl (C=O) groups excluding carboxylic acids is 1. The van der Waals surface area contributed by atoms with Crippen molar-refractivity contribution in [3.8, 4) is 11.5 Å². The van der Waals surface area contributed by atoms with Crippen molar-refractivity contribution < 1.29 is 22.7 Å². The lowest BCUT2D eigenvalue weighted by Gasteiger charge is -2.11. The maximum Gasteiger partial charge on any atom is 0.283 e. The molecule has 0 bridgehead atoms. The molecule has 8 nitrogen and oxygen atoms in total. The number of amidine groups is 1. The smallest absolute Gasteiger partial charge is 0.283 e. The van der Waals surface area contributed by atoms with Gasteiger partial charge < -0.3 is 19.7 Å². The van der Waals surface area contributed by atoms with Gasteiger partial charge in [0.05, 0.1) is 12.0 Å². The number of carbonyl (C=O) groups is 1. The van der Waals surface area contributed by atoms with E-state index in [9.17, 15) is 13.2 Å². The van der Waals surface area contributed by atoms with E-state index in [2.05, 4.69) is 9.71 Å². The number of hydrogen-bond donors (Lipinski definition) is 1. The van der Waals surface area contributed by atoms with Crippen molar-refractivity contribution in [2.75, 3.05) is 32.6 Å². The van der Waals surface area contributed by atoms with Gasteiger partial charge in [-0.3, -0.25) is 4.79 Å². The number of benzene rings is 2. The highest BCUT2D eigenvalue weighted by molar-refractivity contribution is 7.90. The van der Waals surface area contributed by atoms with Gasteiger partial charge in [0.15, 0.2) is 18.1 Å². The molecule has 3 rings (SSSR count). The monoisotopic (exact) mass is 417 g/mol. The first kappa shape index (κ1) is 20.7. The van der Waals surface area contributed by atoms with Gasteiger partial charge in [0.2, 0.25) is 0 Å². The third kappa shape index (κ3) is 5.26. The lowest BCUT2D eigenvalue weighted by Crippen LogP contribution is -2.21. The molecule has 0 unspecified atom stereocenters. The number of hydrogen-bond acceptors (Lipinski definition) is 5. The third-order valence-corrected chi connectivity index (χ3v) is 5.74. The van der Waals surface area contributed by atoms with Gasteiger partial charge >= 0.3 is 0 Å². The Labute approximate surface area is 170 Å². The molecule has 0 aromatic heterocycles. The molecule has 1 saturated heterocycles. The van der Waals surface area contributed by atoms with Crippen LogP contribution in [0.3, 0.4) is 0 Å². The highest BCUT2D eigenvalue weighted by Crippen LogP contribution is 2.25. The van der Waals surface area contributed by atoms with Crippen LogP contribution >= 0.6 is 0 Å². The van der Waals surface area contributed by atoms with Crippen molar-refractivity contribution in [2.45, 2.75) is 17.7 Å². The Hall–Kier alpha value is -3.07. The summed E-state index contributed by atoms with van der Waals surface area (Å²) in [7, 11) is -0.433. The number of anilines is 1. The maximum absolute atomic E-state index is 12.5. The van der Waals surface area contributed by atoms with Crippen LogP contribution in [0.15, 0.2) is 57.8 Å². The first-order valence-electron chi connectivity index (χ1n) is 9.10. The number of likely N-dealkylation sites (tertiary alicyclic amines) is 1. The van der Waals surface area contributed by atoms with Crippen molar-refractivity contribution in [2.24, 2.45) is 4.40 Å². The summed E-state index contributed by atoms with van der Waals surface area (Å²) in [5, 5.41) is 2.66. The van der Waals surface area contributed by atoms with Crippen LogP contribution in [-0.4, -0.2) is 52.4 Å². The second-order valence-corrected chi connectivity index (χ2v) is 8.12. The van der Waals surface area contributed by atoms with Crippen molar-refractivity contribution in [3.05, 3.63) is 48.5 Å². The molecule has 154 valence electrons. The van der Waals surface area contributed by atoms with Crippen molar-refractivity contribution in [3.63, 3.8) is 0 Å². The summed E-state index contributed by atoms with van der Waals surface area (Å²) in [5.74, 6) is 1.18. The number of nitrogens with one attached hydrogen (secondary N) is 1. The molecule has 0 atom stereocenters. The van der Waals surface area contributed by atoms with Gasteiger partial charge in [-0.2, -0.15) is 8.42 Å². The minimum absolute atomic E-state index is 0.0774. The lowest BCUT2D eigenvalue weighted by atomic mass is 10.3. The van der Waals surface area contributed by atoms with Gasteiger partial charge in [-0.05, 0) is 42.8 Å². The zero-order valence-electron chi connectivity index (χ0n) is 16.3. The number of sulfonamides is 1. The largest absolute Gasteiger partial charge is 0.493 e. The highest BCUT2D eigenvalue weighted by atomic mass is 32.2. The van der Waals surface area contributed by atoms with Crippen LogP contribution < -0.4 is 14.8 Å². The molecule has 1 aliphatic rings. The van der Waals surface area contributed by atoms with Gasteiger partial charge in [0, 0.05) is 25.7 Å². The van der Waals surface area contributed by atoms with Crippen LogP contribution in [0.1, 0.15) is 12.8 Å². The molecule has 0 spiro atoms. The van der Waals surface area contributed by atoms with Crippen LogP contribution in [-0.2, 0) is 14.8 Å². The number of rotatable bonds is 7. The summed E-state index contributed by atoms with van der Waals surface area (Å²) < 4.78 is 39.5. The normalized spacial score (nSPS) is 15.4. The summed E-state index contributed by atoms with van der Waals surface area (Å²) in [5.41, 5.74) is 0.461. The Morgan fingerprint density at radius 3 is 2.45 bits per heavy atom. The van der Waals surface area contributed by atoms with E-state index in [1.165, 1.54) is 31.4 Å². The summed E-state index contributed by atoms with van der Waals surface area (Å²) >= 11 is 0. The number of methoxy groups -OCH3 is 1. The Morgan fingerprint density at radius 1 is 1.14 bits per heavy atom. The summed E-state index contributed by atoms with van der Waals surface area (Å²) in [6, 6.07) is 12.9. The zero-order valence-corrected chi connectivity index (χ0v) is 17.1. The fourth-order valence-electron chi connectivity index (χ4n) is 2.89. The predicted octanol–water partition coefficient (Wildman–Crippen LogP) is 2.53. The number of para-hydroxylation sites is 2. The Balaban J connectivity index is 1.61. The van der Waals surface area contributed by atoms with Crippen LogP contribution in [0.5, 0.6) is 11.5 Å². The zero-order chi connectivity index (χ0) is 20.9. The molecular formula is C20H23N3O5S. The minimum atomic E-state index is -3.78. The molecule has 1 aliphatic heterocycles. The van der Waals surface area contributed by atoms with Crippen molar-refractivity contribution in [1.29, 1.82) is 0 Å². The molecule has 1 N–H and O–H groups in total. The molecule has 2 aromatic carbocycles. The van der Waals surface area contributed by atoms with E-state index < -0.39 is 10.0 Å². The Bertz CT molecular complexity index is 1000. The Kier molecular flexibility index (Phi) is 6.38. The Morgan fingerprint density at radius 2 is 1.83 bits per heavy atom. The van der Waals surface area contributed by atoms with Gasteiger partial charge in [-0.1, -0.05) is 12.1 Å². The molecule has 0 radical (unpaired) electrons. The molecule has 2 aromatic rings. The predicted molar refractivity (Wildman–Crippen MR) is 110 cm³/mol. The second-order valence-electron chi connectivity index (χ2n) is 6.52. The number of ether oxygens (including phenoxy) is 2. The highest BCUT2D eigenvalue weighted by Gasteiger charge is 2.20. The van der Waals surface area contributed by atoms with E-state index in [-0.39, 0.29) is 17.4 Å². The van der Waals surface area contributed by atoms with E-state index in [0.717, 1.165) is 13.0 Å². The van der Waals surface area contributed by atoms with E-state index in [4.69, 9.17) is 9.47 Å². The van der Waals surface area contributed by atoms with Crippen LogP contribution in [0, 0.1) is 0 Å². The van der Waals surface area contributed by atoms with Gasteiger partial charge in [0.25, 0.3) is 15.9 Å². The fraction of sp³-hybridized carbons (Fsp3) is 0.300. The van der Waals surface area contributed by atoms with E-state index in [1.54, 1.807) is 24.3 Å². The minimum Gasteiger partial charge on any atom is -0.493 e. The topological polar surface area (TPSA) is 97.3 Å². The molecule has 0 saturated carbocycles. The number of amides is 1. The quantitative estimate of drug-likeness (QED) is 0.744. The SMILES string of the molecule is COc1ccccc1OCC(=O)Nc1ccc(S(=O)(=O)/N=C2/CCCN2C)cc1. The van der Waals surface area contributed by atoms with E-state index in [1.807, 2.05) is 11.9 Å². The third-order valence-electron chi connectivity index (χ3n) is 4.42. The summed E-state index contributed by atoms with van der Waals surface area (Å²) in [4.78, 5) is 14.0. The van der Waals surface area contributed by atoms with Gasteiger partial charge in [-0.25, -0.2) is 0 Å². The van der Waals surface area contributed by atoms with Crippen LogP contribution in [0.4, 0.5) is 5.69 Å². The summed E-state index contributed by atoms with van der Waals surface area (Å²) in [6.07, 6.45) is 1.54. The van der Waals surface area contributed by atoms with Crippen LogP contribution in [0.25, 0.3) is 0 Å². The average molecular weight is 417 g/mol. The molecule has 1 heterocycles. The van der Waals surface area contributed by atoms with E-state index in [0.29, 0.717) is 29.4 Å². The molecule has 1 fully saturated rings. The summed E-state index contributed by atoms with van der Waals surface area (Å²) in [6.45, 7) is 0.594. The van der Waals surface area contributed by atoms with E-state index >= 15 is 0 Å². The molecule has 9 heteroatoms. The first-order chi connectivity index (χ1) is 13.9. The standard InChI is InChI=1S/C20H23N3O5S/c1-23-13-5-8-19(23)22-29(25,26)16-11-9-15(10-12-16)21-20(24)14-28-18-7-4-3-6-17(18)27-2/h3-4,6-7,9-12H,5,8,13-14H2,1-2H3,(H,21,24)/b22-19-. The van der Waals surface area contributed by atoms with Crippen LogP contribution in [0.2, 0.25) is 0 Å². The molecule has 29 heavy (non-hydrogen) atoms. The lowest BCUT2D eigenvalue weighted by molar-refractivity contribution is -0.118. The molecule has 0 aliphatic carbocycles. The van der Waals surface area contributed by atoms with Crippen molar-refractivity contribution >= 4 is 27.5 Å². The second kappa shape index (κ2) is 8.95. The van der Waals surface area contributed by atoms with Crippen molar-refractivity contribution in [1.82, 2.24) is 4.90 Å². The van der Waals surface area contributed by atoms with Gasteiger partial charge in [0.1, 0.15) is 5.84 Å². The molecule has 1 amide bonds. The maximum atomic E-state index is 12.5. The fourth-order valence-corrected chi connectivity index (χ4v) is 3.98. The number of nitrogens with zero attached hydrogens (tertiary/aromatic N) is 2.